The van der Waals surface area contributed by atoms with E-state index < -0.39 is 11.7 Å². The maximum absolute atomic E-state index is 12.3. The molecule has 2 aliphatic rings. The number of rotatable bonds is 4. The molecule has 7 nitrogen and oxygen atoms in total. The summed E-state index contributed by atoms with van der Waals surface area (Å²) in [6.45, 7) is 5.66. The minimum absolute atomic E-state index is 0.0150. The van der Waals surface area contributed by atoms with Gasteiger partial charge in [0, 0.05) is 38.5 Å². The molecule has 1 N–H and O–H groups in total. The molecule has 7 heteroatoms. The second-order valence-corrected chi connectivity index (χ2v) is 6.81. The Morgan fingerprint density at radius 1 is 1.43 bits per heavy atom. The van der Waals surface area contributed by atoms with Gasteiger partial charge in [-0.15, -0.1) is 10.2 Å². The summed E-state index contributed by atoms with van der Waals surface area (Å²) in [6.07, 6.45) is 2.74. The number of aliphatic hydroxyl groups is 1. The third kappa shape index (κ3) is 3.40. The molecule has 0 radical (unpaired) electrons. The van der Waals surface area contributed by atoms with Crippen molar-refractivity contribution in [1.29, 1.82) is 0 Å². The highest BCUT2D eigenvalue weighted by atomic mass is 16.5. The van der Waals surface area contributed by atoms with Crippen LogP contribution in [0.2, 0.25) is 0 Å². The summed E-state index contributed by atoms with van der Waals surface area (Å²) in [5, 5.41) is 18.3. The largest absolute Gasteiger partial charge is 0.425 e. The summed E-state index contributed by atoms with van der Waals surface area (Å²) >= 11 is 0. The first-order valence-corrected chi connectivity index (χ1v) is 8.42. The molecule has 0 saturated carbocycles. The van der Waals surface area contributed by atoms with Gasteiger partial charge in [0.2, 0.25) is 17.7 Å². The minimum Gasteiger partial charge on any atom is -0.425 e. The number of likely N-dealkylation sites (tertiary alicyclic amines) is 1. The predicted octanol–water partition coefficient (Wildman–Crippen LogP) is 1.27. The first-order valence-electron chi connectivity index (χ1n) is 8.42. The Balaban J connectivity index is 1.51. The van der Waals surface area contributed by atoms with Crippen LogP contribution in [0.4, 0.5) is 0 Å². The van der Waals surface area contributed by atoms with Crippen molar-refractivity contribution in [1.82, 2.24) is 15.1 Å². The fraction of sp³-hybridized carbons (Fsp3) is 0.812. The first-order chi connectivity index (χ1) is 11.0. The molecular weight excluding hydrogens is 298 g/mol. The SMILES string of the molecule is CC(C)c1nnc(CCC(=O)N2CC[C@@]3(CCCO3)[C@@H](O)C2)o1. The lowest BCUT2D eigenvalue weighted by atomic mass is 9.86. The lowest BCUT2D eigenvalue weighted by Crippen LogP contribution is -2.56. The van der Waals surface area contributed by atoms with E-state index in [1.807, 2.05) is 13.8 Å². The zero-order valence-electron chi connectivity index (χ0n) is 13.8. The Kier molecular flexibility index (Phi) is 4.68. The van der Waals surface area contributed by atoms with E-state index >= 15 is 0 Å². The fourth-order valence-electron chi connectivity index (χ4n) is 3.34. The summed E-state index contributed by atoms with van der Waals surface area (Å²) in [5.41, 5.74) is -0.421. The number of aliphatic hydroxyl groups excluding tert-OH is 1. The first kappa shape index (κ1) is 16.4. The number of hydrogen-bond acceptors (Lipinski definition) is 6. The van der Waals surface area contributed by atoms with Crippen LogP contribution < -0.4 is 0 Å². The Labute approximate surface area is 136 Å². The summed E-state index contributed by atoms with van der Waals surface area (Å²) in [7, 11) is 0. The van der Waals surface area contributed by atoms with Crippen molar-refractivity contribution < 1.29 is 19.1 Å². The summed E-state index contributed by atoms with van der Waals surface area (Å²) in [4.78, 5) is 14.1. The van der Waals surface area contributed by atoms with E-state index in [0.717, 1.165) is 12.8 Å². The van der Waals surface area contributed by atoms with E-state index in [9.17, 15) is 9.90 Å². The van der Waals surface area contributed by atoms with Gasteiger partial charge in [-0.05, 0) is 19.3 Å². The molecule has 1 amide bonds. The van der Waals surface area contributed by atoms with Crippen LogP contribution in [-0.4, -0.2) is 57.5 Å². The van der Waals surface area contributed by atoms with Gasteiger partial charge in [-0.25, -0.2) is 0 Å². The Morgan fingerprint density at radius 3 is 2.87 bits per heavy atom. The number of nitrogens with zero attached hydrogens (tertiary/aromatic N) is 3. The molecule has 2 atom stereocenters. The van der Waals surface area contributed by atoms with E-state index in [1.54, 1.807) is 4.90 Å². The molecule has 128 valence electrons. The normalized spacial score (nSPS) is 28.0. The molecule has 3 rings (SSSR count). The third-order valence-electron chi connectivity index (χ3n) is 4.82. The molecule has 0 aliphatic carbocycles. The number of carbonyl (C=O) groups excluding carboxylic acids is 1. The number of hydrogen-bond donors (Lipinski definition) is 1. The molecule has 2 saturated heterocycles. The van der Waals surface area contributed by atoms with Crippen LogP contribution in [0.25, 0.3) is 0 Å². The number of aromatic nitrogens is 2. The van der Waals surface area contributed by atoms with E-state index in [1.165, 1.54) is 0 Å². The van der Waals surface area contributed by atoms with Crippen LogP contribution in [0.1, 0.15) is 57.2 Å². The maximum Gasteiger partial charge on any atom is 0.223 e. The van der Waals surface area contributed by atoms with Gasteiger partial charge in [0.1, 0.15) is 6.10 Å². The van der Waals surface area contributed by atoms with Crippen molar-refractivity contribution in [2.24, 2.45) is 0 Å². The Hall–Kier alpha value is -1.47. The average molecular weight is 323 g/mol. The van der Waals surface area contributed by atoms with Gasteiger partial charge in [-0.1, -0.05) is 13.8 Å². The van der Waals surface area contributed by atoms with Gasteiger partial charge in [-0.2, -0.15) is 0 Å². The zero-order valence-corrected chi connectivity index (χ0v) is 13.8. The van der Waals surface area contributed by atoms with Crippen molar-refractivity contribution in [3.63, 3.8) is 0 Å². The Morgan fingerprint density at radius 2 is 2.26 bits per heavy atom. The highest BCUT2D eigenvalue weighted by Gasteiger charge is 2.46. The molecule has 1 aromatic heterocycles. The van der Waals surface area contributed by atoms with Gasteiger partial charge < -0.3 is 19.2 Å². The minimum atomic E-state index is -0.598. The maximum atomic E-state index is 12.3. The number of piperidine rings is 1. The van der Waals surface area contributed by atoms with Gasteiger partial charge in [-0.3, -0.25) is 4.79 Å². The fourth-order valence-corrected chi connectivity index (χ4v) is 3.34. The van der Waals surface area contributed by atoms with Crippen molar-refractivity contribution in [2.75, 3.05) is 19.7 Å². The average Bonchev–Trinajstić information content (AvgIpc) is 3.18. The smallest absolute Gasteiger partial charge is 0.223 e. The molecule has 2 aliphatic heterocycles. The van der Waals surface area contributed by atoms with Crippen LogP contribution in [0.5, 0.6) is 0 Å². The number of β-amino-alcohol motifs (C(OH)–C–C–N with tert-alkyl or cyclic N) is 1. The monoisotopic (exact) mass is 323 g/mol. The topological polar surface area (TPSA) is 88.7 Å². The molecule has 0 unspecified atom stereocenters. The lowest BCUT2D eigenvalue weighted by molar-refractivity contribution is -0.152. The lowest BCUT2D eigenvalue weighted by Gasteiger charge is -2.42. The van der Waals surface area contributed by atoms with E-state index in [0.29, 0.717) is 50.7 Å². The van der Waals surface area contributed by atoms with Gasteiger partial charge in [0.25, 0.3) is 0 Å². The number of aryl methyl sites for hydroxylation is 1. The van der Waals surface area contributed by atoms with E-state index in [-0.39, 0.29) is 11.8 Å². The molecule has 1 aromatic rings. The van der Waals surface area contributed by atoms with Gasteiger partial charge >= 0.3 is 0 Å². The molecule has 23 heavy (non-hydrogen) atoms. The van der Waals surface area contributed by atoms with Crippen LogP contribution in [-0.2, 0) is 16.0 Å². The van der Waals surface area contributed by atoms with Gasteiger partial charge in [0.15, 0.2) is 0 Å². The van der Waals surface area contributed by atoms with Crippen molar-refractivity contribution >= 4 is 5.91 Å². The van der Waals surface area contributed by atoms with Gasteiger partial charge in [0.05, 0.1) is 5.60 Å². The van der Waals surface area contributed by atoms with E-state index in [2.05, 4.69) is 10.2 Å². The summed E-state index contributed by atoms with van der Waals surface area (Å²) < 4.78 is 11.3. The van der Waals surface area contributed by atoms with Crippen molar-refractivity contribution in [3.8, 4) is 0 Å². The number of amides is 1. The predicted molar refractivity (Wildman–Crippen MR) is 81.8 cm³/mol. The van der Waals surface area contributed by atoms with Crippen molar-refractivity contribution in [3.05, 3.63) is 11.8 Å². The van der Waals surface area contributed by atoms with Crippen LogP contribution in [0, 0.1) is 0 Å². The summed E-state index contributed by atoms with van der Waals surface area (Å²) in [6, 6.07) is 0. The molecular formula is C16H25N3O4. The standard InChI is InChI=1S/C16H25N3O4/c1-11(2)15-18-17-13(23-15)4-5-14(21)19-8-7-16(12(20)10-19)6-3-9-22-16/h11-12,20H,3-10H2,1-2H3/t12-,16-/m0/s1. The Bertz CT molecular complexity index is 551. The molecule has 0 bridgehead atoms. The zero-order chi connectivity index (χ0) is 16.4. The second kappa shape index (κ2) is 6.57. The molecule has 1 spiro atoms. The van der Waals surface area contributed by atoms with Crippen LogP contribution in [0.15, 0.2) is 4.42 Å². The highest BCUT2D eigenvalue weighted by Crippen LogP contribution is 2.36. The van der Waals surface area contributed by atoms with Crippen LogP contribution in [0.3, 0.4) is 0 Å². The molecule has 2 fully saturated rings. The summed E-state index contributed by atoms with van der Waals surface area (Å²) in [5.74, 6) is 1.30. The second-order valence-electron chi connectivity index (χ2n) is 6.81. The number of ether oxygens (including phenoxy) is 1. The highest BCUT2D eigenvalue weighted by molar-refractivity contribution is 5.76. The number of carbonyl (C=O) groups is 1. The van der Waals surface area contributed by atoms with E-state index in [4.69, 9.17) is 9.15 Å². The molecule has 0 aromatic carbocycles. The van der Waals surface area contributed by atoms with Crippen LogP contribution >= 0.6 is 0 Å². The molecule has 3 heterocycles. The quantitative estimate of drug-likeness (QED) is 0.897. The third-order valence-corrected chi connectivity index (χ3v) is 4.82. The van der Waals surface area contributed by atoms with Crippen molar-refractivity contribution in [2.45, 2.75) is 63.6 Å².